The lowest BCUT2D eigenvalue weighted by molar-refractivity contribution is 0.0389. The zero-order chi connectivity index (χ0) is 12.4. The van der Waals surface area contributed by atoms with Crippen LogP contribution in [-0.2, 0) is 16.1 Å². The van der Waals surface area contributed by atoms with Gasteiger partial charge in [0, 0.05) is 12.5 Å². The first-order chi connectivity index (χ1) is 8.75. The van der Waals surface area contributed by atoms with Gasteiger partial charge in [-0.3, -0.25) is 0 Å². The van der Waals surface area contributed by atoms with Crippen molar-refractivity contribution in [2.24, 2.45) is 0 Å². The highest BCUT2D eigenvalue weighted by Gasteiger charge is 2.42. The quantitative estimate of drug-likeness (QED) is 0.749. The third-order valence-corrected chi connectivity index (χ3v) is 3.63. The molecule has 1 atom stereocenters. The third kappa shape index (κ3) is 2.85. The largest absolute Gasteiger partial charge is 0.460 e. The van der Waals surface area contributed by atoms with Crippen LogP contribution >= 0.6 is 0 Å². The fourth-order valence-electron chi connectivity index (χ4n) is 2.38. The molecule has 3 heteroatoms. The van der Waals surface area contributed by atoms with Gasteiger partial charge in [-0.2, -0.15) is 0 Å². The van der Waals surface area contributed by atoms with Crippen molar-refractivity contribution in [1.29, 1.82) is 0 Å². The van der Waals surface area contributed by atoms with Crippen LogP contribution in [0.3, 0.4) is 0 Å². The van der Waals surface area contributed by atoms with E-state index in [1.54, 1.807) is 0 Å². The van der Waals surface area contributed by atoms with Crippen molar-refractivity contribution in [3.63, 3.8) is 0 Å². The summed E-state index contributed by atoms with van der Waals surface area (Å²) in [6.45, 7) is 3.27. The molecule has 1 aliphatic carbocycles. The zero-order valence-corrected chi connectivity index (χ0v) is 10.9. The number of hydrogen-bond acceptors (Lipinski definition) is 3. The summed E-state index contributed by atoms with van der Waals surface area (Å²) in [5.74, 6) is 0.471. The van der Waals surface area contributed by atoms with Gasteiger partial charge in [-0.25, -0.2) is 0 Å². The molecule has 1 heterocycles. The van der Waals surface area contributed by atoms with E-state index in [9.17, 15) is 0 Å². The number of epoxide rings is 1. The molecule has 0 bridgehead atoms. The number of para-hydroxylation sites is 1. The smallest absolute Gasteiger partial charge is 0.231 e. The van der Waals surface area contributed by atoms with Gasteiger partial charge in [0.15, 0.2) is 0 Å². The topological polar surface area (TPSA) is 31.0 Å². The lowest BCUT2D eigenvalue weighted by Gasteiger charge is -2.16. The van der Waals surface area contributed by atoms with Crippen molar-refractivity contribution in [2.45, 2.75) is 51.1 Å². The third-order valence-electron chi connectivity index (χ3n) is 3.63. The van der Waals surface area contributed by atoms with Gasteiger partial charge < -0.3 is 14.2 Å². The summed E-state index contributed by atoms with van der Waals surface area (Å²) >= 11 is 0. The number of ether oxygens (including phenoxy) is 3. The van der Waals surface area contributed by atoms with Crippen LogP contribution in [0.1, 0.15) is 38.2 Å². The van der Waals surface area contributed by atoms with Crippen LogP contribution in [0.15, 0.2) is 24.3 Å². The average Bonchev–Trinajstić information content (AvgIpc) is 2.91. The fraction of sp³-hybridized carbons (Fsp3) is 0.600. The minimum Gasteiger partial charge on any atom is -0.460 e. The fourth-order valence-corrected chi connectivity index (χ4v) is 2.38. The molecule has 0 aromatic heterocycles. The van der Waals surface area contributed by atoms with Gasteiger partial charge in [-0.05, 0) is 18.9 Å². The Bertz CT molecular complexity index is 406. The van der Waals surface area contributed by atoms with Gasteiger partial charge in [-0.1, -0.05) is 31.0 Å². The maximum Gasteiger partial charge on any atom is 0.231 e. The standard InChI is InChI=1S/C15H20O3/c1-15(11-17-15)18-14-9-5-2-6-12(14)10-16-13-7-3-4-8-13/h2,5-6,9,13H,3-4,7-8,10-11H2,1H3. The lowest BCUT2D eigenvalue weighted by Crippen LogP contribution is -2.16. The first-order valence-corrected chi connectivity index (χ1v) is 6.78. The van der Waals surface area contributed by atoms with Gasteiger partial charge in [0.1, 0.15) is 12.4 Å². The van der Waals surface area contributed by atoms with Gasteiger partial charge in [0.25, 0.3) is 0 Å². The van der Waals surface area contributed by atoms with Crippen LogP contribution in [0.4, 0.5) is 0 Å². The molecular formula is C15H20O3. The molecular weight excluding hydrogens is 228 g/mol. The molecule has 1 aromatic rings. The molecule has 0 amide bonds. The summed E-state index contributed by atoms with van der Waals surface area (Å²) in [5, 5.41) is 0. The maximum absolute atomic E-state index is 5.94. The summed E-state index contributed by atoms with van der Waals surface area (Å²) in [4.78, 5) is 0. The summed E-state index contributed by atoms with van der Waals surface area (Å²) < 4.78 is 17.1. The highest BCUT2D eigenvalue weighted by Crippen LogP contribution is 2.32. The average molecular weight is 248 g/mol. The molecule has 3 nitrogen and oxygen atoms in total. The molecule has 2 fully saturated rings. The van der Waals surface area contributed by atoms with Crippen LogP contribution in [0.2, 0.25) is 0 Å². The molecule has 2 aliphatic rings. The van der Waals surface area contributed by atoms with Crippen molar-refractivity contribution < 1.29 is 14.2 Å². The zero-order valence-electron chi connectivity index (χ0n) is 10.9. The van der Waals surface area contributed by atoms with Gasteiger partial charge >= 0.3 is 0 Å². The molecule has 98 valence electrons. The molecule has 1 aliphatic heterocycles. The molecule has 1 unspecified atom stereocenters. The summed E-state index contributed by atoms with van der Waals surface area (Å²) in [5.41, 5.74) is 1.11. The second-order valence-electron chi connectivity index (χ2n) is 5.35. The molecule has 18 heavy (non-hydrogen) atoms. The Morgan fingerprint density at radius 1 is 1.28 bits per heavy atom. The molecule has 1 aromatic carbocycles. The number of rotatable bonds is 5. The van der Waals surface area contributed by atoms with Crippen LogP contribution in [0.5, 0.6) is 5.75 Å². The highest BCUT2D eigenvalue weighted by atomic mass is 16.8. The second-order valence-corrected chi connectivity index (χ2v) is 5.35. The Morgan fingerprint density at radius 2 is 2.00 bits per heavy atom. The van der Waals surface area contributed by atoms with Crippen molar-refractivity contribution in [2.75, 3.05) is 6.61 Å². The van der Waals surface area contributed by atoms with Crippen molar-refractivity contribution in [3.05, 3.63) is 29.8 Å². The predicted molar refractivity (Wildman–Crippen MR) is 68.5 cm³/mol. The SMILES string of the molecule is CC1(Oc2ccccc2COC2CCCC2)CO1. The lowest BCUT2D eigenvalue weighted by atomic mass is 10.2. The molecule has 0 radical (unpaired) electrons. The van der Waals surface area contributed by atoms with E-state index >= 15 is 0 Å². The Morgan fingerprint density at radius 3 is 2.72 bits per heavy atom. The first-order valence-electron chi connectivity index (χ1n) is 6.78. The number of benzene rings is 1. The van der Waals surface area contributed by atoms with E-state index in [0.717, 1.165) is 11.3 Å². The van der Waals surface area contributed by atoms with E-state index in [0.29, 0.717) is 19.3 Å². The van der Waals surface area contributed by atoms with Gasteiger partial charge in [0.2, 0.25) is 5.79 Å². The summed E-state index contributed by atoms with van der Waals surface area (Å²) in [7, 11) is 0. The van der Waals surface area contributed by atoms with Crippen LogP contribution in [0, 0.1) is 0 Å². The molecule has 3 rings (SSSR count). The Hall–Kier alpha value is -1.06. The molecule has 0 N–H and O–H groups in total. The molecule has 1 saturated heterocycles. The minimum absolute atomic E-state index is 0.413. The van der Waals surface area contributed by atoms with Gasteiger partial charge in [-0.15, -0.1) is 0 Å². The Balaban J connectivity index is 1.62. The Kier molecular flexibility index (Phi) is 3.27. The van der Waals surface area contributed by atoms with Crippen LogP contribution in [0.25, 0.3) is 0 Å². The van der Waals surface area contributed by atoms with E-state index in [2.05, 4.69) is 6.07 Å². The van der Waals surface area contributed by atoms with Crippen molar-refractivity contribution >= 4 is 0 Å². The predicted octanol–water partition coefficient (Wildman–Crippen LogP) is 3.27. The van der Waals surface area contributed by atoms with E-state index in [-0.39, 0.29) is 0 Å². The highest BCUT2D eigenvalue weighted by molar-refractivity contribution is 5.33. The summed E-state index contributed by atoms with van der Waals surface area (Å²) in [6.07, 6.45) is 5.43. The normalized spacial score (nSPS) is 27.4. The van der Waals surface area contributed by atoms with E-state index in [1.807, 2.05) is 25.1 Å². The monoisotopic (exact) mass is 248 g/mol. The maximum atomic E-state index is 5.94. The summed E-state index contributed by atoms with van der Waals surface area (Å²) in [6, 6.07) is 8.06. The molecule has 1 saturated carbocycles. The van der Waals surface area contributed by atoms with Crippen LogP contribution < -0.4 is 4.74 Å². The van der Waals surface area contributed by atoms with E-state index in [1.165, 1.54) is 25.7 Å². The van der Waals surface area contributed by atoms with Crippen LogP contribution in [-0.4, -0.2) is 18.5 Å². The van der Waals surface area contributed by atoms with Crippen molar-refractivity contribution in [1.82, 2.24) is 0 Å². The second kappa shape index (κ2) is 4.90. The van der Waals surface area contributed by atoms with Gasteiger partial charge in [0.05, 0.1) is 12.7 Å². The minimum atomic E-state index is -0.413. The number of hydrogen-bond donors (Lipinski definition) is 0. The first kappa shape index (κ1) is 12.0. The van der Waals surface area contributed by atoms with E-state index in [4.69, 9.17) is 14.2 Å². The van der Waals surface area contributed by atoms with Crippen molar-refractivity contribution in [3.8, 4) is 5.75 Å². The van der Waals surface area contributed by atoms with E-state index < -0.39 is 5.79 Å². The molecule has 0 spiro atoms. The Labute approximate surface area is 108 Å².